The maximum atomic E-state index is 11.9. The molecule has 7 heteroatoms. The molecule has 4 N–H and O–H groups in total. The first-order valence-corrected chi connectivity index (χ1v) is 5.54. The number of carbonyl (C=O) groups excluding carboxylic acids is 1. The van der Waals surface area contributed by atoms with Gasteiger partial charge in [0.2, 0.25) is 5.56 Å². The molecule has 0 unspecified atom stereocenters. The molecule has 0 saturated carbocycles. The topological polar surface area (TPSA) is 119 Å². The molecule has 0 radical (unpaired) electrons. The highest BCUT2D eigenvalue weighted by Crippen LogP contribution is 2.24. The van der Waals surface area contributed by atoms with Crippen LogP contribution in [-0.2, 0) is 0 Å². The molecular weight excluding hydrogens is 264 g/mol. The predicted molar refractivity (Wildman–Crippen MR) is 70.1 cm³/mol. The van der Waals surface area contributed by atoms with Crippen molar-refractivity contribution in [2.45, 2.75) is 0 Å². The number of carboxylic acid groups (broad SMARTS) is 1. The number of rotatable bonds is 3. The number of pyridine rings is 1. The van der Waals surface area contributed by atoms with Gasteiger partial charge in [-0.2, -0.15) is 0 Å². The van der Waals surface area contributed by atoms with E-state index in [9.17, 15) is 19.5 Å². The van der Waals surface area contributed by atoms with Crippen LogP contribution in [0, 0.1) is 0 Å². The predicted octanol–water partition coefficient (Wildman–Crippen LogP) is 1.03. The molecule has 2 aromatic rings. The van der Waals surface area contributed by atoms with Gasteiger partial charge in [0.25, 0.3) is 5.91 Å². The molecule has 0 fully saturated rings. The Hall–Kier alpha value is -3.09. The van der Waals surface area contributed by atoms with E-state index in [1.165, 1.54) is 24.3 Å². The zero-order valence-electron chi connectivity index (χ0n) is 10.1. The monoisotopic (exact) mass is 274 g/mol. The van der Waals surface area contributed by atoms with E-state index in [1.807, 2.05) is 0 Å². The minimum Gasteiger partial charge on any atom is -0.506 e. The van der Waals surface area contributed by atoms with Gasteiger partial charge in [-0.3, -0.25) is 9.59 Å². The van der Waals surface area contributed by atoms with Gasteiger partial charge in [-0.15, -0.1) is 0 Å². The summed E-state index contributed by atoms with van der Waals surface area (Å²) >= 11 is 0. The molecule has 0 atom stereocenters. The van der Waals surface area contributed by atoms with Gasteiger partial charge in [-0.1, -0.05) is 6.07 Å². The standard InChI is InChI=1S/C13H10N2O5/c16-10-5-4-7(13(19)20)6-9(10)15-12(18)8-2-1-3-11(17)14-8/h1-6,16H,(H,14,17)(H,15,18)(H,19,20). The van der Waals surface area contributed by atoms with Gasteiger partial charge < -0.3 is 20.5 Å². The minimum atomic E-state index is -1.19. The summed E-state index contributed by atoms with van der Waals surface area (Å²) in [4.78, 5) is 36.1. The molecule has 0 saturated heterocycles. The van der Waals surface area contributed by atoms with Gasteiger partial charge in [0.15, 0.2) is 0 Å². The first-order chi connectivity index (χ1) is 9.47. The van der Waals surface area contributed by atoms with E-state index in [0.717, 1.165) is 12.1 Å². The summed E-state index contributed by atoms with van der Waals surface area (Å²) in [6.07, 6.45) is 0. The number of H-pyrrole nitrogens is 1. The highest BCUT2D eigenvalue weighted by atomic mass is 16.4. The number of benzene rings is 1. The number of carboxylic acids is 1. The average Bonchev–Trinajstić information content (AvgIpc) is 2.41. The second-order valence-corrected chi connectivity index (χ2v) is 3.92. The number of anilines is 1. The van der Waals surface area contributed by atoms with Crippen LogP contribution in [0.4, 0.5) is 5.69 Å². The third-order valence-corrected chi connectivity index (χ3v) is 2.50. The lowest BCUT2D eigenvalue weighted by atomic mass is 10.2. The molecule has 0 aliphatic carbocycles. The van der Waals surface area contributed by atoms with Gasteiger partial charge in [0, 0.05) is 6.07 Å². The fourth-order valence-corrected chi connectivity index (χ4v) is 1.54. The van der Waals surface area contributed by atoms with Crippen molar-refractivity contribution < 1.29 is 19.8 Å². The lowest BCUT2D eigenvalue weighted by Crippen LogP contribution is -2.18. The Labute approximate surface area is 112 Å². The first kappa shape index (κ1) is 13.3. The molecule has 2 rings (SSSR count). The molecule has 0 spiro atoms. The van der Waals surface area contributed by atoms with E-state index < -0.39 is 17.4 Å². The number of amides is 1. The smallest absolute Gasteiger partial charge is 0.335 e. The number of aromatic carboxylic acids is 1. The van der Waals surface area contributed by atoms with Crippen LogP contribution in [0.25, 0.3) is 0 Å². The van der Waals surface area contributed by atoms with Crippen molar-refractivity contribution in [3.63, 3.8) is 0 Å². The fraction of sp³-hybridized carbons (Fsp3) is 0. The molecule has 1 aromatic heterocycles. The van der Waals surface area contributed by atoms with E-state index in [2.05, 4.69) is 10.3 Å². The Morgan fingerprint density at radius 2 is 1.90 bits per heavy atom. The van der Waals surface area contributed by atoms with Crippen LogP contribution in [0.15, 0.2) is 41.2 Å². The largest absolute Gasteiger partial charge is 0.506 e. The highest BCUT2D eigenvalue weighted by molar-refractivity contribution is 6.04. The van der Waals surface area contributed by atoms with Crippen LogP contribution in [-0.4, -0.2) is 27.1 Å². The second kappa shape index (κ2) is 5.27. The van der Waals surface area contributed by atoms with Crippen molar-refractivity contribution in [1.82, 2.24) is 4.98 Å². The molecule has 0 aliphatic rings. The number of aromatic amines is 1. The first-order valence-electron chi connectivity index (χ1n) is 5.54. The Morgan fingerprint density at radius 1 is 1.15 bits per heavy atom. The maximum Gasteiger partial charge on any atom is 0.335 e. The van der Waals surface area contributed by atoms with Crippen LogP contribution in [0.2, 0.25) is 0 Å². The lowest BCUT2D eigenvalue weighted by molar-refractivity contribution is 0.0696. The van der Waals surface area contributed by atoms with Crippen LogP contribution < -0.4 is 10.9 Å². The number of hydrogen-bond acceptors (Lipinski definition) is 4. The van der Waals surface area contributed by atoms with Crippen molar-refractivity contribution in [3.05, 3.63) is 58.0 Å². The van der Waals surface area contributed by atoms with Crippen LogP contribution in [0.3, 0.4) is 0 Å². The zero-order valence-corrected chi connectivity index (χ0v) is 10.1. The summed E-state index contributed by atoms with van der Waals surface area (Å²) in [7, 11) is 0. The molecule has 20 heavy (non-hydrogen) atoms. The number of aromatic nitrogens is 1. The quantitative estimate of drug-likeness (QED) is 0.623. The average molecular weight is 274 g/mol. The SMILES string of the molecule is O=C(O)c1ccc(O)c(NC(=O)c2cccc(=O)[nH]2)c1. The van der Waals surface area contributed by atoms with Crippen molar-refractivity contribution in [2.24, 2.45) is 0 Å². The number of hydrogen-bond donors (Lipinski definition) is 4. The molecule has 0 aliphatic heterocycles. The summed E-state index contributed by atoms with van der Waals surface area (Å²) in [6.45, 7) is 0. The molecule has 0 bridgehead atoms. The fourth-order valence-electron chi connectivity index (χ4n) is 1.54. The van der Waals surface area contributed by atoms with Crippen LogP contribution in [0.1, 0.15) is 20.8 Å². The van der Waals surface area contributed by atoms with Crippen molar-refractivity contribution in [1.29, 1.82) is 0 Å². The van der Waals surface area contributed by atoms with E-state index in [-0.39, 0.29) is 22.7 Å². The van der Waals surface area contributed by atoms with Crippen molar-refractivity contribution >= 4 is 17.6 Å². The Morgan fingerprint density at radius 3 is 2.55 bits per heavy atom. The van der Waals surface area contributed by atoms with E-state index >= 15 is 0 Å². The van der Waals surface area contributed by atoms with E-state index in [4.69, 9.17) is 5.11 Å². The van der Waals surface area contributed by atoms with Gasteiger partial charge in [0.05, 0.1) is 11.3 Å². The molecule has 1 heterocycles. The van der Waals surface area contributed by atoms with Crippen LogP contribution in [0.5, 0.6) is 5.75 Å². The molecule has 7 nitrogen and oxygen atoms in total. The molecular formula is C13H10N2O5. The van der Waals surface area contributed by atoms with Gasteiger partial charge in [0.1, 0.15) is 11.4 Å². The summed E-state index contributed by atoms with van der Waals surface area (Å²) in [5.74, 6) is -2.13. The third kappa shape index (κ3) is 2.83. The number of phenols is 1. The zero-order chi connectivity index (χ0) is 14.7. The summed E-state index contributed by atoms with van der Waals surface area (Å²) in [6, 6.07) is 7.52. The Bertz CT molecular complexity index is 736. The number of aromatic hydroxyl groups is 1. The number of nitrogens with one attached hydrogen (secondary N) is 2. The molecule has 102 valence electrons. The molecule has 1 aromatic carbocycles. The normalized spacial score (nSPS) is 10.0. The van der Waals surface area contributed by atoms with E-state index in [0.29, 0.717) is 0 Å². The summed E-state index contributed by atoms with van der Waals surface area (Å²) < 4.78 is 0. The Balaban J connectivity index is 2.30. The van der Waals surface area contributed by atoms with E-state index in [1.54, 1.807) is 0 Å². The van der Waals surface area contributed by atoms with Gasteiger partial charge in [-0.25, -0.2) is 4.79 Å². The third-order valence-electron chi connectivity index (χ3n) is 2.50. The van der Waals surface area contributed by atoms with Crippen molar-refractivity contribution in [2.75, 3.05) is 5.32 Å². The van der Waals surface area contributed by atoms with Gasteiger partial charge >= 0.3 is 5.97 Å². The minimum absolute atomic E-state index is 0.00220. The maximum absolute atomic E-state index is 11.9. The van der Waals surface area contributed by atoms with Gasteiger partial charge in [-0.05, 0) is 24.3 Å². The number of phenolic OH excluding ortho intramolecular Hbond substituents is 1. The summed E-state index contributed by atoms with van der Waals surface area (Å²) in [5, 5.41) is 20.8. The van der Waals surface area contributed by atoms with Crippen molar-refractivity contribution in [3.8, 4) is 5.75 Å². The van der Waals surface area contributed by atoms with Crippen LogP contribution >= 0.6 is 0 Å². The summed E-state index contributed by atoms with van der Waals surface area (Å²) in [5.41, 5.74) is -0.585. The lowest BCUT2D eigenvalue weighted by Gasteiger charge is -2.08. The Kier molecular flexibility index (Phi) is 3.52. The molecule has 1 amide bonds. The second-order valence-electron chi connectivity index (χ2n) is 3.92. The highest BCUT2D eigenvalue weighted by Gasteiger charge is 2.12. The number of carbonyl (C=O) groups is 2.